The fourth-order valence-corrected chi connectivity index (χ4v) is 9.96. The Balaban J connectivity index is 0.897. The largest absolute Gasteiger partial charge is 0.373 e. The van der Waals surface area contributed by atoms with Crippen LogP contribution in [-0.2, 0) is 22.7 Å². The molecule has 4 bridgehead atoms. The molecule has 4 aromatic rings. The van der Waals surface area contributed by atoms with Gasteiger partial charge in [-0.25, -0.2) is 4.39 Å². The van der Waals surface area contributed by atoms with Crippen molar-refractivity contribution in [3.8, 4) is 22.5 Å². The summed E-state index contributed by atoms with van der Waals surface area (Å²) < 4.78 is 40.7. The van der Waals surface area contributed by atoms with E-state index in [1.54, 1.807) is 6.07 Å². The Hall–Kier alpha value is -3.53. The molecule has 2 aromatic heterocycles. The minimum absolute atomic E-state index is 0.112. The Kier molecular flexibility index (Phi) is 8.10. The molecule has 1 N–H and O–H groups in total. The summed E-state index contributed by atoms with van der Waals surface area (Å²) in [6.07, 6.45) is 13.8. The predicted octanol–water partition coefficient (Wildman–Crippen LogP) is 9.02. The zero-order valence-electron chi connectivity index (χ0n) is 29.8. The highest BCUT2D eigenvalue weighted by atomic mass is 19.1. The van der Waals surface area contributed by atoms with Gasteiger partial charge in [-0.1, -0.05) is 34.6 Å². The Bertz CT molecular complexity index is 1880. The number of aryl methyl sites for hydroxylation is 2. The van der Waals surface area contributed by atoms with Crippen LogP contribution in [0.4, 0.5) is 10.1 Å². The fraction of sp³-hybridized carbons (Fsp3) is 0.571. The van der Waals surface area contributed by atoms with E-state index in [0.717, 1.165) is 98.1 Å². The number of hydrogen-bond donors (Lipinski definition) is 1. The first-order valence-corrected chi connectivity index (χ1v) is 19.6. The number of halogens is 1. The summed E-state index contributed by atoms with van der Waals surface area (Å²) in [5, 5.41) is 13.0. The fourth-order valence-electron chi connectivity index (χ4n) is 9.96. The number of hydrogen-bond acceptors (Lipinski definition) is 8. The van der Waals surface area contributed by atoms with Crippen LogP contribution in [0.25, 0.3) is 22.5 Å². The number of benzene rings is 2. The van der Waals surface area contributed by atoms with Gasteiger partial charge in [0.1, 0.15) is 28.7 Å². The van der Waals surface area contributed by atoms with E-state index >= 15 is 4.39 Å². The number of fused-ring (bicyclic) bond motifs is 4. The van der Waals surface area contributed by atoms with Crippen LogP contribution < -0.4 is 10.2 Å². The third kappa shape index (κ3) is 5.93. The number of aromatic nitrogens is 2. The molecule has 268 valence electrons. The normalized spacial score (nSPS) is 28.6. The van der Waals surface area contributed by atoms with Crippen LogP contribution in [-0.4, -0.2) is 46.7 Å². The van der Waals surface area contributed by atoms with Gasteiger partial charge in [0.05, 0.1) is 25.4 Å². The summed E-state index contributed by atoms with van der Waals surface area (Å²) in [6.45, 7) is 5.10. The Labute approximate surface area is 299 Å². The second kappa shape index (κ2) is 12.8. The second-order valence-electron chi connectivity index (χ2n) is 16.4. The molecule has 4 saturated heterocycles. The lowest BCUT2D eigenvalue weighted by Crippen LogP contribution is -2.45. The van der Waals surface area contributed by atoms with Gasteiger partial charge >= 0.3 is 0 Å². The molecular formula is C42H49FN4O4. The highest BCUT2D eigenvalue weighted by molar-refractivity contribution is 5.82. The van der Waals surface area contributed by atoms with Gasteiger partial charge in [-0.15, -0.1) is 0 Å². The van der Waals surface area contributed by atoms with Crippen molar-refractivity contribution in [1.29, 1.82) is 0 Å². The van der Waals surface area contributed by atoms with E-state index in [0.29, 0.717) is 60.5 Å². The monoisotopic (exact) mass is 692 g/mol. The van der Waals surface area contributed by atoms with Crippen molar-refractivity contribution >= 4 is 5.69 Å². The van der Waals surface area contributed by atoms with Crippen LogP contribution >= 0.6 is 0 Å². The van der Waals surface area contributed by atoms with Crippen LogP contribution in [0.1, 0.15) is 123 Å². The Morgan fingerprint density at radius 2 is 1.22 bits per heavy atom. The van der Waals surface area contributed by atoms with Crippen LogP contribution in [0, 0.1) is 19.7 Å². The maximum absolute atomic E-state index is 15.1. The topological polar surface area (TPSA) is 85.8 Å². The van der Waals surface area contributed by atoms with Crippen LogP contribution in [0.2, 0.25) is 0 Å². The predicted molar refractivity (Wildman–Crippen MR) is 192 cm³/mol. The quantitative estimate of drug-likeness (QED) is 0.167. The van der Waals surface area contributed by atoms with E-state index in [1.165, 1.54) is 35.7 Å². The third-order valence-corrected chi connectivity index (χ3v) is 12.8. The summed E-state index contributed by atoms with van der Waals surface area (Å²) in [4.78, 5) is 2.67. The van der Waals surface area contributed by atoms with Gasteiger partial charge in [0, 0.05) is 63.9 Å². The number of nitrogens with zero attached hydrogens (tertiary/aromatic N) is 3. The lowest BCUT2D eigenvalue weighted by atomic mass is 9.93. The van der Waals surface area contributed by atoms with E-state index in [-0.39, 0.29) is 18.0 Å². The van der Waals surface area contributed by atoms with Crippen molar-refractivity contribution in [2.45, 2.75) is 152 Å². The molecule has 2 aliphatic carbocycles. The van der Waals surface area contributed by atoms with Crippen LogP contribution in [0.15, 0.2) is 45.4 Å². The van der Waals surface area contributed by atoms with E-state index in [4.69, 9.17) is 23.7 Å². The molecule has 2 saturated carbocycles. The molecule has 9 heteroatoms. The van der Waals surface area contributed by atoms with Crippen molar-refractivity contribution in [2.24, 2.45) is 0 Å². The second-order valence-corrected chi connectivity index (χ2v) is 16.4. The Morgan fingerprint density at radius 1 is 0.686 bits per heavy atom. The number of rotatable bonds is 11. The molecule has 4 atom stereocenters. The van der Waals surface area contributed by atoms with Crippen molar-refractivity contribution in [3.05, 3.63) is 76.0 Å². The molecule has 4 aliphatic heterocycles. The van der Waals surface area contributed by atoms with Gasteiger partial charge in [-0.05, 0) is 114 Å². The molecule has 2 aromatic carbocycles. The van der Waals surface area contributed by atoms with Crippen molar-refractivity contribution in [1.82, 2.24) is 15.6 Å². The summed E-state index contributed by atoms with van der Waals surface area (Å²) in [5.41, 5.74) is 8.70. The first kappa shape index (κ1) is 32.1. The van der Waals surface area contributed by atoms with Crippen LogP contribution in [0.3, 0.4) is 0 Å². The third-order valence-electron chi connectivity index (χ3n) is 12.8. The van der Waals surface area contributed by atoms with E-state index in [1.807, 2.05) is 13.0 Å². The Morgan fingerprint density at radius 3 is 1.78 bits per heavy atom. The number of nitrogens with one attached hydrogen (secondary N) is 1. The summed E-state index contributed by atoms with van der Waals surface area (Å²) in [7, 11) is 0. The van der Waals surface area contributed by atoms with Crippen molar-refractivity contribution < 1.29 is 22.9 Å². The van der Waals surface area contributed by atoms with Crippen molar-refractivity contribution in [2.75, 3.05) is 4.90 Å². The smallest absolute Gasteiger partial charge is 0.145 e. The van der Waals surface area contributed by atoms with E-state index in [2.05, 4.69) is 40.5 Å². The average molecular weight is 693 g/mol. The number of piperidine rings is 2. The molecule has 0 amide bonds. The lowest BCUT2D eigenvalue weighted by Gasteiger charge is -2.41. The van der Waals surface area contributed by atoms with Crippen LogP contribution in [0.5, 0.6) is 0 Å². The molecule has 8 nitrogen and oxygen atoms in total. The minimum atomic E-state index is -0.267. The zero-order chi connectivity index (χ0) is 34.2. The first-order valence-electron chi connectivity index (χ1n) is 19.6. The van der Waals surface area contributed by atoms with E-state index in [9.17, 15) is 0 Å². The first-order chi connectivity index (χ1) is 25.0. The molecule has 6 aliphatic rings. The maximum Gasteiger partial charge on any atom is 0.145 e. The number of anilines is 1. The standard InChI is InChI=1S/C42H49FN4O4/c1-23-5-3-7-35(43)37(23)39-33(41(50-45-39)25-9-10-25)21-49-32-19-29-15-16-30(20-32)47(29)36-8-4-6-24(2)38(36)40-34(42(51-46-40)26-11-12-26)22-48-31-17-27-13-14-28(18-31)44-27/h3-8,25-32,44H,9-22H2,1-2H3. The van der Waals surface area contributed by atoms with Gasteiger partial charge in [0.25, 0.3) is 0 Å². The SMILES string of the molecule is Cc1cccc(F)c1-c1noc(C2CC2)c1COC1CC2CCC(C1)N2c1cccc(C)c1-c1noc(C2CC2)c1COC1CC2CCC(C1)N2. The van der Waals surface area contributed by atoms with E-state index < -0.39 is 0 Å². The molecular weight excluding hydrogens is 643 g/mol. The highest BCUT2D eigenvalue weighted by Gasteiger charge is 2.44. The van der Waals surface area contributed by atoms with Gasteiger partial charge in [-0.3, -0.25) is 0 Å². The molecule has 10 rings (SSSR count). The van der Waals surface area contributed by atoms with Crippen molar-refractivity contribution in [3.63, 3.8) is 0 Å². The molecule has 6 fully saturated rings. The summed E-state index contributed by atoms with van der Waals surface area (Å²) >= 11 is 0. The van der Waals surface area contributed by atoms with Gasteiger partial charge in [0.2, 0.25) is 0 Å². The van der Waals surface area contributed by atoms with Gasteiger partial charge < -0.3 is 28.7 Å². The average Bonchev–Trinajstić information content (AvgIpc) is 4.02. The summed E-state index contributed by atoms with van der Waals surface area (Å²) in [5.74, 6) is 2.46. The van der Waals surface area contributed by atoms with Gasteiger partial charge in [0.15, 0.2) is 0 Å². The minimum Gasteiger partial charge on any atom is -0.373 e. The molecule has 6 heterocycles. The zero-order valence-corrected chi connectivity index (χ0v) is 29.8. The lowest BCUT2D eigenvalue weighted by molar-refractivity contribution is 0.00876. The molecule has 4 unspecified atom stereocenters. The number of ether oxygens (including phenoxy) is 2. The molecule has 0 spiro atoms. The van der Waals surface area contributed by atoms with Gasteiger partial charge in [-0.2, -0.15) is 0 Å². The molecule has 51 heavy (non-hydrogen) atoms. The highest BCUT2D eigenvalue weighted by Crippen LogP contribution is 2.50. The summed E-state index contributed by atoms with van der Waals surface area (Å²) in [6, 6.07) is 13.8. The maximum atomic E-state index is 15.1. The molecule has 0 radical (unpaired) electrons.